The molecule has 1 N–H and O–H groups in total. The average molecular weight is 368 g/mol. The van der Waals surface area contributed by atoms with Crippen LogP contribution in [0.4, 0.5) is 26.3 Å². The summed E-state index contributed by atoms with van der Waals surface area (Å²) in [7, 11) is 0. The van der Waals surface area contributed by atoms with Gasteiger partial charge in [-0.25, -0.2) is 9.78 Å². The van der Waals surface area contributed by atoms with Crippen LogP contribution in [0.1, 0.15) is 21.7 Å². The van der Waals surface area contributed by atoms with Crippen LogP contribution in [-0.4, -0.2) is 22.4 Å². The third-order valence-electron chi connectivity index (χ3n) is 1.91. The molecule has 0 saturated carbocycles. The first kappa shape index (κ1) is 16.5. The fourth-order valence-electron chi connectivity index (χ4n) is 1.23. The normalized spacial score (nSPS) is 12.3. The van der Waals surface area contributed by atoms with Crippen molar-refractivity contribution < 1.29 is 41.0 Å². The molecule has 0 aliphatic heterocycles. The molecule has 1 aromatic rings. The van der Waals surface area contributed by atoms with Crippen molar-refractivity contribution in [3.8, 4) is 5.75 Å². The molecule has 0 saturated heterocycles. The lowest BCUT2D eigenvalue weighted by Gasteiger charge is -2.16. The molecule has 11 heteroatoms. The largest absolute Gasteiger partial charge is 0.573 e. The molecule has 4 nitrogen and oxygen atoms in total. The van der Waals surface area contributed by atoms with Gasteiger partial charge in [0.05, 0.1) is 0 Å². The molecule has 20 heavy (non-hydrogen) atoms. The Kier molecular flexibility index (Phi) is 4.52. The second-order valence-corrected chi connectivity index (χ2v) is 3.89. The summed E-state index contributed by atoms with van der Waals surface area (Å²) < 4.78 is 77.2. The molecule has 1 aromatic heterocycles. The predicted molar refractivity (Wildman–Crippen MR) is 55.5 cm³/mol. The SMILES string of the molecule is O=C(O)c1nc(C(F)(F)F)c(OC(F)(F)F)cc1CBr. The summed E-state index contributed by atoms with van der Waals surface area (Å²) in [6.45, 7) is 0. The molecular weight excluding hydrogens is 364 g/mol. The van der Waals surface area contributed by atoms with Gasteiger partial charge < -0.3 is 9.84 Å². The van der Waals surface area contributed by atoms with Crippen LogP contribution < -0.4 is 4.74 Å². The third kappa shape index (κ3) is 3.99. The van der Waals surface area contributed by atoms with Gasteiger partial charge in [0.15, 0.2) is 17.1 Å². The van der Waals surface area contributed by atoms with E-state index in [9.17, 15) is 31.1 Å². The Morgan fingerprint density at radius 2 is 1.85 bits per heavy atom. The third-order valence-corrected chi connectivity index (χ3v) is 2.51. The molecular formula is C9H4BrF6NO3. The summed E-state index contributed by atoms with van der Waals surface area (Å²) in [6.07, 6.45) is -10.7. The summed E-state index contributed by atoms with van der Waals surface area (Å²) in [5.74, 6) is -3.41. The number of alkyl halides is 7. The lowest BCUT2D eigenvalue weighted by molar-refractivity contribution is -0.276. The number of pyridine rings is 1. The second kappa shape index (κ2) is 5.46. The maximum atomic E-state index is 12.6. The van der Waals surface area contributed by atoms with E-state index in [4.69, 9.17) is 5.11 Å². The quantitative estimate of drug-likeness (QED) is 0.655. The van der Waals surface area contributed by atoms with Crippen molar-refractivity contribution in [2.45, 2.75) is 17.9 Å². The van der Waals surface area contributed by atoms with Gasteiger partial charge in [-0.1, -0.05) is 15.9 Å². The Labute approximate surface area is 115 Å². The minimum atomic E-state index is -5.37. The number of aromatic carboxylic acids is 1. The molecule has 0 unspecified atom stereocenters. The van der Waals surface area contributed by atoms with Crippen LogP contribution in [0.5, 0.6) is 5.75 Å². The van der Waals surface area contributed by atoms with Crippen molar-refractivity contribution in [3.05, 3.63) is 23.0 Å². The first-order valence-electron chi connectivity index (χ1n) is 4.62. The lowest BCUT2D eigenvalue weighted by atomic mass is 10.1. The van der Waals surface area contributed by atoms with E-state index in [1.54, 1.807) is 0 Å². The van der Waals surface area contributed by atoms with E-state index >= 15 is 0 Å². The first-order valence-corrected chi connectivity index (χ1v) is 5.74. The Bertz CT molecular complexity index is 528. The fraction of sp³-hybridized carbons (Fsp3) is 0.333. The predicted octanol–water partition coefficient (Wildman–Crippen LogP) is 3.59. The summed E-state index contributed by atoms with van der Waals surface area (Å²) >= 11 is 2.74. The van der Waals surface area contributed by atoms with Gasteiger partial charge in [0.25, 0.3) is 0 Å². The Balaban J connectivity index is 3.52. The highest BCUT2D eigenvalue weighted by atomic mass is 79.9. The number of halogens is 7. The number of aromatic nitrogens is 1. The van der Waals surface area contributed by atoms with E-state index in [0.29, 0.717) is 6.07 Å². The minimum Gasteiger partial charge on any atom is -0.477 e. The summed E-state index contributed by atoms with van der Waals surface area (Å²) in [5.41, 5.74) is -3.45. The monoisotopic (exact) mass is 367 g/mol. The number of hydrogen-bond donors (Lipinski definition) is 1. The van der Waals surface area contributed by atoms with Crippen molar-refractivity contribution in [1.29, 1.82) is 0 Å². The van der Waals surface area contributed by atoms with Crippen LogP contribution in [-0.2, 0) is 11.5 Å². The molecule has 0 spiro atoms. The topological polar surface area (TPSA) is 59.4 Å². The Morgan fingerprint density at radius 1 is 1.30 bits per heavy atom. The molecule has 0 radical (unpaired) electrons. The highest BCUT2D eigenvalue weighted by Gasteiger charge is 2.42. The zero-order valence-electron chi connectivity index (χ0n) is 9.14. The molecule has 0 aromatic carbocycles. The van der Waals surface area contributed by atoms with Gasteiger partial charge in [-0.2, -0.15) is 13.2 Å². The zero-order valence-corrected chi connectivity index (χ0v) is 10.7. The molecule has 0 aliphatic carbocycles. The standard InChI is InChI=1S/C9H4BrF6NO3/c10-2-3-1-4(20-9(14,15)16)6(8(11,12)13)17-5(3)7(18)19/h1H,2H2,(H,18,19). The molecule has 0 bridgehead atoms. The minimum absolute atomic E-state index is 0.312. The second-order valence-electron chi connectivity index (χ2n) is 3.33. The van der Waals surface area contributed by atoms with Gasteiger partial charge >= 0.3 is 18.5 Å². The molecule has 112 valence electrons. The van der Waals surface area contributed by atoms with Crippen molar-refractivity contribution in [3.63, 3.8) is 0 Å². The Morgan fingerprint density at radius 3 is 2.20 bits per heavy atom. The smallest absolute Gasteiger partial charge is 0.477 e. The van der Waals surface area contributed by atoms with Crippen molar-refractivity contribution in [1.82, 2.24) is 4.98 Å². The molecule has 0 atom stereocenters. The molecule has 1 heterocycles. The van der Waals surface area contributed by atoms with E-state index in [2.05, 4.69) is 25.7 Å². The van der Waals surface area contributed by atoms with Gasteiger partial charge in [0.2, 0.25) is 0 Å². The van der Waals surface area contributed by atoms with E-state index in [1.807, 2.05) is 0 Å². The van der Waals surface area contributed by atoms with Gasteiger partial charge in [-0.3, -0.25) is 0 Å². The number of hydrogen-bond acceptors (Lipinski definition) is 3. The van der Waals surface area contributed by atoms with Gasteiger partial charge in [0.1, 0.15) is 0 Å². The Hall–Kier alpha value is -1.52. The highest BCUT2D eigenvalue weighted by molar-refractivity contribution is 9.08. The van der Waals surface area contributed by atoms with Crippen LogP contribution >= 0.6 is 15.9 Å². The zero-order chi connectivity index (χ0) is 15.7. The summed E-state index contributed by atoms with van der Waals surface area (Å²) in [4.78, 5) is 13.5. The highest BCUT2D eigenvalue weighted by Crippen LogP contribution is 2.38. The van der Waals surface area contributed by atoms with Crippen LogP contribution in [0.3, 0.4) is 0 Å². The van der Waals surface area contributed by atoms with Crippen molar-refractivity contribution in [2.24, 2.45) is 0 Å². The van der Waals surface area contributed by atoms with Crippen LogP contribution in [0.2, 0.25) is 0 Å². The number of carboxylic acids is 1. The summed E-state index contributed by atoms with van der Waals surface area (Å²) in [5, 5.41) is 8.39. The number of ether oxygens (including phenoxy) is 1. The first-order chi connectivity index (χ1) is 8.95. The van der Waals surface area contributed by atoms with Crippen molar-refractivity contribution in [2.75, 3.05) is 0 Å². The fourth-order valence-corrected chi connectivity index (χ4v) is 1.65. The van der Waals surface area contributed by atoms with Gasteiger partial charge in [-0.15, -0.1) is 13.2 Å². The molecule has 0 aliphatic rings. The van der Waals surface area contributed by atoms with Gasteiger partial charge in [0, 0.05) is 5.33 Å². The lowest BCUT2D eigenvalue weighted by Crippen LogP contribution is -2.22. The molecule has 0 amide bonds. The number of nitrogens with zero attached hydrogens (tertiary/aromatic N) is 1. The van der Waals surface area contributed by atoms with Crippen LogP contribution in [0, 0.1) is 0 Å². The van der Waals surface area contributed by atoms with E-state index in [1.165, 1.54) is 0 Å². The molecule has 0 fully saturated rings. The maximum absolute atomic E-state index is 12.6. The van der Waals surface area contributed by atoms with E-state index in [-0.39, 0.29) is 10.9 Å². The van der Waals surface area contributed by atoms with E-state index in [0.717, 1.165) is 0 Å². The van der Waals surface area contributed by atoms with Gasteiger partial charge in [-0.05, 0) is 11.6 Å². The van der Waals surface area contributed by atoms with Crippen LogP contribution in [0.15, 0.2) is 6.07 Å². The number of carbonyl (C=O) groups is 1. The average Bonchev–Trinajstić information content (AvgIpc) is 2.24. The number of carboxylic acid groups (broad SMARTS) is 1. The number of rotatable bonds is 3. The van der Waals surface area contributed by atoms with Crippen LogP contribution in [0.25, 0.3) is 0 Å². The molecule has 1 rings (SSSR count). The summed E-state index contributed by atoms with van der Waals surface area (Å²) in [6, 6.07) is 0.335. The van der Waals surface area contributed by atoms with Crippen molar-refractivity contribution >= 4 is 21.9 Å². The van der Waals surface area contributed by atoms with E-state index < -0.39 is 35.6 Å². The maximum Gasteiger partial charge on any atom is 0.573 e.